The molecule has 20 heavy (non-hydrogen) atoms. The van der Waals surface area contributed by atoms with Crippen LogP contribution in [0.2, 0.25) is 0 Å². The molecule has 2 N–H and O–H groups in total. The van der Waals surface area contributed by atoms with Crippen LogP contribution in [-0.2, 0) is 4.79 Å². The average Bonchev–Trinajstić information content (AvgIpc) is 3.15. The van der Waals surface area contributed by atoms with Crippen molar-refractivity contribution in [3.8, 4) is 0 Å². The molecule has 1 aliphatic rings. The lowest BCUT2D eigenvalue weighted by Gasteiger charge is -2.07. The molecule has 0 heterocycles. The summed E-state index contributed by atoms with van der Waals surface area (Å²) in [5.74, 6) is -0.411. The van der Waals surface area contributed by atoms with Crippen molar-refractivity contribution in [1.29, 1.82) is 0 Å². The van der Waals surface area contributed by atoms with Crippen molar-refractivity contribution in [3.63, 3.8) is 0 Å². The summed E-state index contributed by atoms with van der Waals surface area (Å²) in [6.45, 7) is 3.99. The van der Waals surface area contributed by atoms with Crippen molar-refractivity contribution < 1.29 is 14.7 Å². The predicted molar refractivity (Wildman–Crippen MR) is 77.5 cm³/mol. The van der Waals surface area contributed by atoms with E-state index in [-0.39, 0.29) is 5.91 Å². The number of carbonyl (C=O) groups is 2. The van der Waals surface area contributed by atoms with Gasteiger partial charge in [0.05, 0.1) is 0 Å². The van der Waals surface area contributed by atoms with Crippen LogP contribution in [0.15, 0.2) is 24.3 Å². The Bertz CT molecular complexity index is 563. The molecule has 0 spiro atoms. The molecule has 1 aromatic carbocycles. The monoisotopic (exact) mass is 273 g/mol. The van der Waals surface area contributed by atoms with Crippen molar-refractivity contribution in [2.24, 2.45) is 5.92 Å². The molecule has 1 saturated carbocycles. The maximum absolute atomic E-state index is 12.1. The van der Waals surface area contributed by atoms with Gasteiger partial charge in [0.25, 0.3) is 5.91 Å². The molecule has 4 heteroatoms. The van der Waals surface area contributed by atoms with Crippen molar-refractivity contribution in [2.45, 2.75) is 32.7 Å². The Kier molecular flexibility index (Phi) is 4.23. The van der Waals surface area contributed by atoms with E-state index in [0.717, 1.165) is 30.0 Å². The average molecular weight is 273 g/mol. The molecule has 1 fully saturated rings. The zero-order valence-electron chi connectivity index (χ0n) is 11.7. The standard InChI is InChI=1S/C16H19NO3/c1-3-11-9-14(11)17-16(20)13-5-4-12(10(2)8-13)6-7-15(18)19/h4-8,11,14H,3,9H2,1-2H3,(H,17,20)(H,18,19)/b7-6+. The van der Waals surface area contributed by atoms with Gasteiger partial charge in [-0.3, -0.25) is 4.79 Å². The highest BCUT2D eigenvalue weighted by molar-refractivity contribution is 5.95. The number of amides is 1. The van der Waals surface area contributed by atoms with Crippen LogP contribution in [0, 0.1) is 12.8 Å². The van der Waals surface area contributed by atoms with E-state index >= 15 is 0 Å². The number of carboxylic acid groups (broad SMARTS) is 1. The summed E-state index contributed by atoms with van der Waals surface area (Å²) < 4.78 is 0. The van der Waals surface area contributed by atoms with Crippen LogP contribution < -0.4 is 5.32 Å². The minimum atomic E-state index is -0.981. The molecule has 0 bridgehead atoms. The molecule has 2 atom stereocenters. The highest BCUT2D eigenvalue weighted by Crippen LogP contribution is 2.33. The summed E-state index contributed by atoms with van der Waals surface area (Å²) in [5.41, 5.74) is 2.32. The summed E-state index contributed by atoms with van der Waals surface area (Å²) >= 11 is 0. The zero-order valence-corrected chi connectivity index (χ0v) is 11.7. The molecule has 2 unspecified atom stereocenters. The van der Waals surface area contributed by atoms with E-state index in [1.54, 1.807) is 18.2 Å². The van der Waals surface area contributed by atoms with Crippen LogP contribution in [0.1, 0.15) is 41.3 Å². The number of hydrogen-bond acceptors (Lipinski definition) is 2. The Balaban J connectivity index is 2.05. The maximum Gasteiger partial charge on any atom is 0.328 e. The van der Waals surface area contributed by atoms with Crippen LogP contribution in [-0.4, -0.2) is 23.0 Å². The first kappa shape index (κ1) is 14.3. The highest BCUT2D eigenvalue weighted by atomic mass is 16.4. The molecular formula is C16H19NO3. The Hall–Kier alpha value is -2.10. The molecule has 0 radical (unpaired) electrons. The number of hydrogen-bond donors (Lipinski definition) is 2. The summed E-state index contributed by atoms with van der Waals surface area (Å²) in [4.78, 5) is 22.6. The zero-order chi connectivity index (χ0) is 14.7. The maximum atomic E-state index is 12.1. The van der Waals surface area contributed by atoms with Gasteiger partial charge in [-0.2, -0.15) is 0 Å². The third-order valence-corrected chi connectivity index (χ3v) is 3.70. The molecule has 106 valence electrons. The van der Waals surface area contributed by atoms with E-state index in [4.69, 9.17) is 5.11 Å². The van der Waals surface area contributed by atoms with Crippen LogP contribution >= 0.6 is 0 Å². The van der Waals surface area contributed by atoms with Gasteiger partial charge in [0, 0.05) is 17.7 Å². The fraction of sp³-hybridized carbons (Fsp3) is 0.375. The second kappa shape index (κ2) is 5.90. The molecule has 0 saturated heterocycles. The largest absolute Gasteiger partial charge is 0.478 e. The topological polar surface area (TPSA) is 66.4 Å². The van der Waals surface area contributed by atoms with Crippen molar-refractivity contribution >= 4 is 18.0 Å². The Morgan fingerprint density at radius 1 is 1.45 bits per heavy atom. The Morgan fingerprint density at radius 2 is 2.20 bits per heavy atom. The first-order valence-electron chi connectivity index (χ1n) is 6.83. The summed E-state index contributed by atoms with van der Waals surface area (Å²) in [7, 11) is 0. The van der Waals surface area contributed by atoms with Gasteiger partial charge in [0.15, 0.2) is 0 Å². The number of carbonyl (C=O) groups excluding carboxylic acids is 1. The Labute approximate surface area is 118 Å². The lowest BCUT2D eigenvalue weighted by atomic mass is 10.0. The van der Waals surface area contributed by atoms with Crippen molar-refractivity contribution in [1.82, 2.24) is 5.32 Å². The molecule has 2 rings (SSSR count). The van der Waals surface area contributed by atoms with Gasteiger partial charge in [-0.25, -0.2) is 4.79 Å². The van der Waals surface area contributed by atoms with Crippen molar-refractivity contribution in [2.75, 3.05) is 0 Å². The normalized spacial score (nSPS) is 20.9. The van der Waals surface area contributed by atoms with Gasteiger partial charge in [0.2, 0.25) is 0 Å². The predicted octanol–water partition coefficient (Wildman–Crippen LogP) is 2.62. The van der Waals surface area contributed by atoms with Crippen LogP contribution in [0.25, 0.3) is 6.08 Å². The van der Waals surface area contributed by atoms with E-state index < -0.39 is 5.97 Å². The van der Waals surface area contributed by atoms with E-state index in [9.17, 15) is 9.59 Å². The molecular weight excluding hydrogens is 254 g/mol. The number of aliphatic carboxylic acids is 1. The molecule has 4 nitrogen and oxygen atoms in total. The van der Waals surface area contributed by atoms with E-state index in [1.165, 1.54) is 6.08 Å². The summed E-state index contributed by atoms with van der Waals surface area (Å²) in [5, 5.41) is 11.6. The summed E-state index contributed by atoms with van der Waals surface area (Å²) in [6.07, 6.45) is 4.80. The molecule has 1 aromatic rings. The first-order valence-corrected chi connectivity index (χ1v) is 6.83. The highest BCUT2D eigenvalue weighted by Gasteiger charge is 2.36. The smallest absolute Gasteiger partial charge is 0.328 e. The number of rotatable bonds is 5. The fourth-order valence-corrected chi connectivity index (χ4v) is 2.29. The van der Waals surface area contributed by atoms with E-state index in [2.05, 4.69) is 12.2 Å². The minimum absolute atomic E-state index is 0.0529. The number of nitrogens with one attached hydrogen (secondary N) is 1. The second-order valence-electron chi connectivity index (χ2n) is 5.23. The SMILES string of the molecule is CCC1CC1NC(=O)c1ccc(/C=C/C(=O)O)c(C)c1. The quantitative estimate of drug-likeness (QED) is 0.810. The van der Waals surface area contributed by atoms with Crippen LogP contribution in [0.3, 0.4) is 0 Å². The summed E-state index contributed by atoms with van der Waals surface area (Å²) in [6, 6.07) is 5.61. The van der Waals surface area contributed by atoms with Gasteiger partial charge in [0.1, 0.15) is 0 Å². The molecule has 0 aromatic heterocycles. The fourth-order valence-electron chi connectivity index (χ4n) is 2.29. The molecule has 0 aliphatic heterocycles. The van der Waals surface area contributed by atoms with Gasteiger partial charge >= 0.3 is 5.97 Å². The Morgan fingerprint density at radius 3 is 2.75 bits per heavy atom. The van der Waals surface area contributed by atoms with Gasteiger partial charge in [-0.05, 0) is 48.6 Å². The lowest BCUT2D eigenvalue weighted by molar-refractivity contribution is -0.131. The van der Waals surface area contributed by atoms with Crippen LogP contribution in [0.5, 0.6) is 0 Å². The minimum Gasteiger partial charge on any atom is -0.478 e. The molecule has 1 aliphatic carbocycles. The van der Waals surface area contributed by atoms with E-state index in [0.29, 0.717) is 17.5 Å². The second-order valence-corrected chi connectivity index (χ2v) is 5.23. The third-order valence-electron chi connectivity index (χ3n) is 3.70. The van der Waals surface area contributed by atoms with Gasteiger partial charge in [-0.1, -0.05) is 19.4 Å². The number of carboxylic acids is 1. The third kappa shape index (κ3) is 3.47. The van der Waals surface area contributed by atoms with Crippen molar-refractivity contribution in [3.05, 3.63) is 41.0 Å². The van der Waals surface area contributed by atoms with Gasteiger partial charge in [-0.15, -0.1) is 0 Å². The van der Waals surface area contributed by atoms with E-state index in [1.807, 2.05) is 6.92 Å². The number of benzene rings is 1. The van der Waals surface area contributed by atoms with Gasteiger partial charge < -0.3 is 10.4 Å². The molecule has 1 amide bonds. The number of aryl methyl sites for hydroxylation is 1. The lowest BCUT2D eigenvalue weighted by Crippen LogP contribution is -2.26. The first-order chi connectivity index (χ1) is 9.51. The van der Waals surface area contributed by atoms with Crippen LogP contribution in [0.4, 0.5) is 0 Å².